The molecule has 2 rings (SSSR count). The lowest BCUT2D eigenvalue weighted by atomic mass is 9.96. The Balaban J connectivity index is 2.36. The average molecular weight is 403 g/mol. The van der Waals surface area contributed by atoms with Crippen LogP contribution in [0.5, 0.6) is 0 Å². The highest BCUT2D eigenvalue weighted by molar-refractivity contribution is 14.1. The first-order chi connectivity index (χ1) is 9.25. The molecule has 6 heteroatoms. The van der Waals surface area contributed by atoms with Gasteiger partial charge in [-0.3, -0.25) is 0 Å². The van der Waals surface area contributed by atoms with Crippen molar-refractivity contribution in [3.63, 3.8) is 0 Å². The van der Waals surface area contributed by atoms with E-state index in [2.05, 4.69) is 37.9 Å². The van der Waals surface area contributed by atoms with Crippen LogP contribution >= 0.6 is 34.2 Å². The second kappa shape index (κ2) is 5.73. The van der Waals surface area contributed by atoms with E-state index in [0.29, 0.717) is 22.5 Å². The van der Waals surface area contributed by atoms with Crippen molar-refractivity contribution in [2.45, 2.75) is 26.2 Å². The first kappa shape index (κ1) is 15.3. The third kappa shape index (κ3) is 3.73. The molecule has 0 saturated carbocycles. The average Bonchev–Trinajstić information content (AvgIpc) is 2.31. The molecule has 0 amide bonds. The molecule has 0 aliphatic heterocycles. The SMILES string of the molecule is CC(C)(C)c1nc(N)cc(Nc2ccc(I)cc2Cl)n1. The number of nitrogens with one attached hydrogen (secondary N) is 1. The number of benzene rings is 1. The van der Waals surface area contributed by atoms with E-state index in [1.807, 2.05) is 39.0 Å². The Morgan fingerprint density at radius 2 is 1.90 bits per heavy atom. The molecule has 0 bridgehead atoms. The van der Waals surface area contributed by atoms with Crippen LogP contribution in [0.4, 0.5) is 17.3 Å². The largest absolute Gasteiger partial charge is 0.384 e. The number of anilines is 3. The molecule has 20 heavy (non-hydrogen) atoms. The van der Waals surface area contributed by atoms with Crippen LogP contribution in [-0.4, -0.2) is 9.97 Å². The Hall–Kier alpha value is -1.08. The lowest BCUT2D eigenvalue weighted by Gasteiger charge is -2.18. The summed E-state index contributed by atoms with van der Waals surface area (Å²) in [7, 11) is 0. The van der Waals surface area contributed by atoms with Crippen LogP contribution in [0.2, 0.25) is 5.02 Å². The highest BCUT2D eigenvalue weighted by atomic mass is 127. The van der Waals surface area contributed by atoms with Crippen LogP contribution in [0, 0.1) is 3.57 Å². The van der Waals surface area contributed by atoms with Gasteiger partial charge in [-0.2, -0.15) is 0 Å². The molecule has 106 valence electrons. The van der Waals surface area contributed by atoms with Crippen LogP contribution in [0.3, 0.4) is 0 Å². The van der Waals surface area contributed by atoms with Crippen molar-refractivity contribution >= 4 is 51.5 Å². The van der Waals surface area contributed by atoms with Crippen molar-refractivity contribution in [2.24, 2.45) is 0 Å². The molecule has 0 unspecified atom stereocenters. The van der Waals surface area contributed by atoms with Gasteiger partial charge in [0.1, 0.15) is 17.5 Å². The van der Waals surface area contributed by atoms with E-state index in [4.69, 9.17) is 17.3 Å². The lowest BCUT2D eigenvalue weighted by molar-refractivity contribution is 0.547. The zero-order chi connectivity index (χ0) is 14.9. The van der Waals surface area contributed by atoms with Crippen LogP contribution < -0.4 is 11.1 Å². The molecular formula is C14H16ClIN4. The summed E-state index contributed by atoms with van der Waals surface area (Å²) in [4.78, 5) is 8.78. The summed E-state index contributed by atoms with van der Waals surface area (Å²) in [5.74, 6) is 1.78. The highest BCUT2D eigenvalue weighted by Gasteiger charge is 2.18. The van der Waals surface area contributed by atoms with E-state index in [1.54, 1.807) is 6.07 Å². The second-order valence-electron chi connectivity index (χ2n) is 5.50. The monoisotopic (exact) mass is 402 g/mol. The molecule has 1 aromatic carbocycles. The van der Waals surface area contributed by atoms with Gasteiger partial charge < -0.3 is 11.1 Å². The molecule has 1 heterocycles. The summed E-state index contributed by atoms with van der Waals surface area (Å²) in [5.41, 5.74) is 6.48. The number of hydrogen-bond donors (Lipinski definition) is 2. The van der Waals surface area contributed by atoms with Crippen LogP contribution in [-0.2, 0) is 5.41 Å². The first-order valence-electron chi connectivity index (χ1n) is 6.13. The van der Waals surface area contributed by atoms with Gasteiger partial charge in [-0.1, -0.05) is 32.4 Å². The van der Waals surface area contributed by atoms with E-state index in [1.165, 1.54) is 0 Å². The van der Waals surface area contributed by atoms with E-state index in [-0.39, 0.29) is 5.41 Å². The molecule has 4 nitrogen and oxygen atoms in total. The van der Waals surface area contributed by atoms with Gasteiger partial charge >= 0.3 is 0 Å². The minimum Gasteiger partial charge on any atom is -0.384 e. The molecule has 2 aromatic rings. The first-order valence-corrected chi connectivity index (χ1v) is 7.58. The molecule has 0 saturated heterocycles. The van der Waals surface area contributed by atoms with Gasteiger partial charge in [0.15, 0.2) is 0 Å². The minimum atomic E-state index is -0.165. The summed E-state index contributed by atoms with van der Waals surface area (Å²) in [6, 6.07) is 7.48. The molecule has 1 aromatic heterocycles. The normalized spacial score (nSPS) is 11.4. The number of rotatable bonds is 2. The Bertz CT molecular complexity index is 638. The van der Waals surface area contributed by atoms with E-state index in [0.717, 1.165) is 9.26 Å². The van der Waals surface area contributed by atoms with E-state index in [9.17, 15) is 0 Å². The molecule has 0 aliphatic rings. The zero-order valence-electron chi connectivity index (χ0n) is 11.5. The summed E-state index contributed by atoms with van der Waals surface area (Å²) in [6.07, 6.45) is 0. The van der Waals surface area contributed by atoms with Gasteiger partial charge in [-0.05, 0) is 40.8 Å². The molecule has 3 N–H and O–H groups in total. The molecule has 0 spiro atoms. The third-order valence-corrected chi connectivity index (χ3v) is 3.59. The van der Waals surface area contributed by atoms with Crippen LogP contribution in [0.15, 0.2) is 24.3 Å². The van der Waals surface area contributed by atoms with Gasteiger partial charge in [0.2, 0.25) is 0 Å². The Morgan fingerprint density at radius 1 is 1.20 bits per heavy atom. The van der Waals surface area contributed by atoms with Gasteiger partial charge in [0.25, 0.3) is 0 Å². The highest BCUT2D eigenvalue weighted by Crippen LogP contribution is 2.28. The Kier molecular flexibility index (Phi) is 4.39. The van der Waals surface area contributed by atoms with Crippen molar-refractivity contribution in [3.05, 3.63) is 38.7 Å². The van der Waals surface area contributed by atoms with Crippen molar-refractivity contribution in [2.75, 3.05) is 11.1 Å². The smallest absolute Gasteiger partial charge is 0.138 e. The van der Waals surface area contributed by atoms with Crippen molar-refractivity contribution in [1.82, 2.24) is 9.97 Å². The zero-order valence-corrected chi connectivity index (χ0v) is 14.5. The van der Waals surface area contributed by atoms with E-state index < -0.39 is 0 Å². The molecule has 0 aliphatic carbocycles. The van der Waals surface area contributed by atoms with Gasteiger partial charge in [0.05, 0.1) is 10.7 Å². The van der Waals surface area contributed by atoms with Gasteiger partial charge in [-0.15, -0.1) is 0 Å². The second-order valence-corrected chi connectivity index (χ2v) is 7.15. The van der Waals surface area contributed by atoms with Gasteiger partial charge in [-0.25, -0.2) is 9.97 Å². The Labute approximate surface area is 137 Å². The van der Waals surface area contributed by atoms with Crippen molar-refractivity contribution < 1.29 is 0 Å². The maximum atomic E-state index is 6.21. The predicted octanol–water partition coefficient (Wildman–Crippen LogP) is 4.36. The summed E-state index contributed by atoms with van der Waals surface area (Å²) in [6.45, 7) is 6.14. The quantitative estimate of drug-likeness (QED) is 0.733. The summed E-state index contributed by atoms with van der Waals surface area (Å²) < 4.78 is 1.08. The number of nitrogens with two attached hydrogens (primary N) is 1. The molecule has 0 fully saturated rings. The molecule has 0 atom stereocenters. The number of aromatic nitrogens is 2. The Morgan fingerprint density at radius 3 is 2.50 bits per heavy atom. The number of nitrogen functional groups attached to an aromatic ring is 1. The lowest BCUT2D eigenvalue weighted by Crippen LogP contribution is -2.17. The standard InChI is InChI=1S/C14H16ClIN4/c1-14(2,3)13-19-11(17)7-12(20-13)18-10-5-4-8(16)6-9(10)15/h4-7H,1-3H3,(H3,17,18,19,20). The van der Waals surface area contributed by atoms with Crippen molar-refractivity contribution in [1.29, 1.82) is 0 Å². The fourth-order valence-corrected chi connectivity index (χ4v) is 2.50. The topological polar surface area (TPSA) is 63.8 Å². The number of nitrogens with zero attached hydrogens (tertiary/aromatic N) is 2. The maximum absolute atomic E-state index is 6.21. The van der Waals surface area contributed by atoms with Crippen molar-refractivity contribution in [3.8, 4) is 0 Å². The predicted molar refractivity (Wildman–Crippen MR) is 92.6 cm³/mol. The van der Waals surface area contributed by atoms with Gasteiger partial charge in [0, 0.05) is 15.1 Å². The molecular weight excluding hydrogens is 387 g/mol. The fraction of sp³-hybridized carbons (Fsp3) is 0.286. The minimum absolute atomic E-state index is 0.165. The molecule has 0 radical (unpaired) electrons. The number of halogens is 2. The number of hydrogen-bond acceptors (Lipinski definition) is 4. The van der Waals surface area contributed by atoms with Crippen LogP contribution in [0.25, 0.3) is 0 Å². The van der Waals surface area contributed by atoms with Crippen LogP contribution in [0.1, 0.15) is 26.6 Å². The third-order valence-electron chi connectivity index (χ3n) is 2.61. The van der Waals surface area contributed by atoms with E-state index >= 15 is 0 Å². The maximum Gasteiger partial charge on any atom is 0.138 e. The summed E-state index contributed by atoms with van der Waals surface area (Å²) in [5, 5.41) is 3.83. The summed E-state index contributed by atoms with van der Waals surface area (Å²) >= 11 is 8.42. The fourth-order valence-electron chi connectivity index (χ4n) is 1.59.